The van der Waals surface area contributed by atoms with E-state index >= 15 is 0 Å². The van der Waals surface area contributed by atoms with Gasteiger partial charge in [-0.05, 0) is 43.2 Å². The van der Waals surface area contributed by atoms with Gasteiger partial charge in [-0.25, -0.2) is 0 Å². The van der Waals surface area contributed by atoms with Crippen LogP contribution in [0, 0.1) is 0 Å². The van der Waals surface area contributed by atoms with Gasteiger partial charge in [-0.3, -0.25) is 4.79 Å². The van der Waals surface area contributed by atoms with E-state index in [2.05, 4.69) is 0 Å². The lowest BCUT2D eigenvalue weighted by molar-refractivity contribution is 0.101. The first kappa shape index (κ1) is 14.3. The third-order valence-electron chi connectivity index (χ3n) is 3.01. The minimum absolute atomic E-state index is 0.00249. The lowest BCUT2D eigenvalue weighted by Crippen LogP contribution is -1.97. The molecule has 2 aromatic rings. The molecule has 0 amide bonds. The van der Waals surface area contributed by atoms with Crippen molar-refractivity contribution >= 4 is 5.78 Å². The van der Waals surface area contributed by atoms with Crippen molar-refractivity contribution in [3.8, 4) is 11.5 Å². The molecule has 0 radical (unpaired) electrons. The molecule has 0 aromatic heterocycles. The van der Waals surface area contributed by atoms with Crippen LogP contribution in [0.4, 0.5) is 0 Å². The highest BCUT2D eigenvalue weighted by atomic mass is 16.5. The summed E-state index contributed by atoms with van der Waals surface area (Å²) < 4.78 is 10.8. The first-order valence-electron chi connectivity index (χ1n) is 6.56. The van der Waals surface area contributed by atoms with Crippen molar-refractivity contribution in [3.63, 3.8) is 0 Å². The second kappa shape index (κ2) is 6.87. The normalized spacial score (nSPS) is 10.3. The van der Waals surface area contributed by atoms with Crippen LogP contribution in [-0.2, 0) is 11.2 Å². The summed E-state index contributed by atoms with van der Waals surface area (Å²) in [5.74, 6) is 1.31. The zero-order valence-corrected chi connectivity index (χ0v) is 11.8. The van der Waals surface area contributed by atoms with Gasteiger partial charge in [0.15, 0.2) is 5.78 Å². The summed E-state index contributed by atoms with van der Waals surface area (Å²) in [6.45, 7) is 2.24. The Kier molecular flexibility index (Phi) is 4.91. The van der Waals surface area contributed by atoms with Crippen molar-refractivity contribution in [3.05, 3.63) is 59.7 Å². The van der Waals surface area contributed by atoms with Crippen LogP contribution < -0.4 is 4.74 Å². The van der Waals surface area contributed by atoms with Crippen LogP contribution in [0.3, 0.4) is 0 Å². The van der Waals surface area contributed by atoms with Crippen molar-refractivity contribution in [2.24, 2.45) is 0 Å². The number of ketones is 1. The summed E-state index contributed by atoms with van der Waals surface area (Å²) >= 11 is 0. The quantitative estimate of drug-likeness (QED) is 0.747. The first-order chi connectivity index (χ1) is 9.70. The van der Waals surface area contributed by atoms with E-state index in [1.807, 2.05) is 36.4 Å². The van der Waals surface area contributed by atoms with Gasteiger partial charge in [0.25, 0.3) is 0 Å². The zero-order valence-electron chi connectivity index (χ0n) is 11.8. The van der Waals surface area contributed by atoms with Crippen molar-refractivity contribution in [1.82, 2.24) is 0 Å². The highest BCUT2D eigenvalue weighted by molar-refractivity contribution is 5.96. The van der Waals surface area contributed by atoms with E-state index in [4.69, 9.17) is 9.47 Å². The summed E-state index contributed by atoms with van der Waals surface area (Å²) in [6.07, 6.45) is 0.876. The van der Waals surface area contributed by atoms with Gasteiger partial charge in [-0.15, -0.1) is 0 Å². The molecule has 0 fully saturated rings. The minimum atomic E-state index is -0.00249. The van der Waals surface area contributed by atoms with Crippen LogP contribution in [0.2, 0.25) is 0 Å². The molecule has 0 bridgehead atoms. The predicted octanol–water partition coefficient (Wildman–Crippen LogP) is 3.87. The molecule has 3 nitrogen and oxygen atoms in total. The van der Waals surface area contributed by atoms with E-state index in [1.165, 1.54) is 12.5 Å². The summed E-state index contributed by atoms with van der Waals surface area (Å²) in [7, 11) is 1.69. The molecule has 0 spiro atoms. The van der Waals surface area contributed by atoms with E-state index in [9.17, 15) is 4.79 Å². The predicted molar refractivity (Wildman–Crippen MR) is 78.5 cm³/mol. The third-order valence-corrected chi connectivity index (χ3v) is 3.01. The van der Waals surface area contributed by atoms with Crippen molar-refractivity contribution in [2.45, 2.75) is 13.3 Å². The third kappa shape index (κ3) is 3.68. The fourth-order valence-corrected chi connectivity index (χ4v) is 1.92. The first-order valence-corrected chi connectivity index (χ1v) is 6.56. The van der Waals surface area contributed by atoms with Crippen LogP contribution in [0.5, 0.6) is 11.5 Å². The van der Waals surface area contributed by atoms with E-state index < -0.39 is 0 Å². The van der Waals surface area contributed by atoms with E-state index in [-0.39, 0.29) is 5.78 Å². The van der Waals surface area contributed by atoms with Crippen molar-refractivity contribution in [1.29, 1.82) is 0 Å². The summed E-state index contributed by atoms with van der Waals surface area (Å²) in [5.41, 5.74) is 1.79. The number of methoxy groups -OCH3 is 1. The number of hydrogen-bond donors (Lipinski definition) is 0. The molecule has 104 valence electrons. The largest absolute Gasteiger partial charge is 0.457 e. The molecular weight excluding hydrogens is 252 g/mol. The topological polar surface area (TPSA) is 35.5 Å². The number of carbonyl (C=O) groups excluding carboxylic acids is 1. The number of carbonyl (C=O) groups is 1. The van der Waals surface area contributed by atoms with Gasteiger partial charge < -0.3 is 9.47 Å². The number of ether oxygens (including phenoxy) is 2. The Balaban J connectivity index is 2.12. The summed E-state index contributed by atoms with van der Waals surface area (Å²) in [4.78, 5) is 11.5. The fraction of sp³-hybridized carbons (Fsp3) is 0.235. The maximum atomic E-state index is 11.5. The number of hydrogen-bond acceptors (Lipinski definition) is 3. The Bertz CT molecular complexity index is 573. The van der Waals surface area contributed by atoms with Crippen LogP contribution in [-0.4, -0.2) is 19.5 Å². The summed E-state index contributed by atoms with van der Waals surface area (Å²) in [6, 6.07) is 15.1. The maximum Gasteiger partial charge on any atom is 0.163 e. The maximum absolute atomic E-state index is 11.5. The number of benzene rings is 2. The van der Waals surface area contributed by atoms with E-state index in [0.29, 0.717) is 17.9 Å². The molecule has 3 heteroatoms. The molecule has 0 aliphatic rings. The van der Waals surface area contributed by atoms with Gasteiger partial charge in [-0.1, -0.05) is 24.3 Å². The van der Waals surface area contributed by atoms with E-state index in [0.717, 1.165) is 12.2 Å². The molecule has 2 rings (SSSR count). The monoisotopic (exact) mass is 270 g/mol. The SMILES string of the molecule is COCCc1ccc(Oc2ccccc2C(C)=O)cc1. The molecular formula is C17H18O3. The highest BCUT2D eigenvalue weighted by Crippen LogP contribution is 2.25. The lowest BCUT2D eigenvalue weighted by atomic mass is 10.1. The van der Waals surface area contributed by atoms with Gasteiger partial charge in [0.1, 0.15) is 11.5 Å². The smallest absolute Gasteiger partial charge is 0.163 e. The molecule has 2 aromatic carbocycles. The van der Waals surface area contributed by atoms with E-state index in [1.54, 1.807) is 19.2 Å². The second-order valence-electron chi connectivity index (χ2n) is 4.54. The molecule has 0 heterocycles. The van der Waals surface area contributed by atoms with Crippen LogP contribution in [0.15, 0.2) is 48.5 Å². The van der Waals surface area contributed by atoms with Gasteiger partial charge in [-0.2, -0.15) is 0 Å². The fourth-order valence-electron chi connectivity index (χ4n) is 1.92. The molecule has 0 saturated heterocycles. The van der Waals surface area contributed by atoms with Gasteiger partial charge in [0.05, 0.1) is 12.2 Å². The molecule has 0 atom stereocenters. The van der Waals surface area contributed by atoms with Crippen molar-refractivity contribution < 1.29 is 14.3 Å². The van der Waals surface area contributed by atoms with Gasteiger partial charge in [0.2, 0.25) is 0 Å². The molecule has 0 aliphatic heterocycles. The Labute approximate surface area is 119 Å². The molecule has 0 saturated carbocycles. The van der Waals surface area contributed by atoms with Crippen molar-refractivity contribution in [2.75, 3.05) is 13.7 Å². The standard InChI is InChI=1S/C17H18O3/c1-13(18)16-5-3-4-6-17(16)20-15-9-7-14(8-10-15)11-12-19-2/h3-10H,11-12H2,1-2H3. The molecule has 0 N–H and O–H groups in total. The zero-order chi connectivity index (χ0) is 14.4. The number of Topliss-reactive ketones (excluding diaryl/α,β-unsaturated/α-hetero) is 1. The van der Waals surface area contributed by atoms with Gasteiger partial charge in [0, 0.05) is 7.11 Å². The number of rotatable bonds is 6. The highest BCUT2D eigenvalue weighted by Gasteiger charge is 2.08. The van der Waals surface area contributed by atoms with Crippen LogP contribution in [0.25, 0.3) is 0 Å². The second-order valence-corrected chi connectivity index (χ2v) is 4.54. The minimum Gasteiger partial charge on any atom is -0.457 e. The Morgan fingerprint density at radius 3 is 2.40 bits per heavy atom. The Morgan fingerprint density at radius 2 is 1.75 bits per heavy atom. The Morgan fingerprint density at radius 1 is 1.05 bits per heavy atom. The Hall–Kier alpha value is -2.13. The summed E-state index contributed by atoms with van der Waals surface area (Å²) in [5, 5.41) is 0. The van der Waals surface area contributed by atoms with Gasteiger partial charge >= 0.3 is 0 Å². The molecule has 0 aliphatic carbocycles. The average Bonchev–Trinajstić information content (AvgIpc) is 2.47. The lowest BCUT2D eigenvalue weighted by Gasteiger charge is -2.09. The van der Waals surface area contributed by atoms with Crippen LogP contribution in [0.1, 0.15) is 22.8 Å². The van der Waals surface area contributed by atoms with Crippen LogP contribution >= 0.6 is 0 Å². The number of para-hydroxylation sites is 1. The molecule has 0 unspecified atom stereocenters. The molecule has 20 heavy (non-hydrogen) atoms. The average molecular weight is 270 g/mol.